The van der Waals surface area contributed by atoms with Gasteiger partial charge in [0, 0.05) is 11.4 Å². The van der Waals surface area contributed by atoms with E-state index in [0.717, 1.165) is 36.1 Å². The van der Waals surface area contributed by atoms with Gasteiger partial charge in [-0.1, -0.05) is 25.1 Å². The summed E-state index contributed by atoms with van der Waals surface area (Å²) in [6.07, 6.45) is 1.35. The molecule has 1 aromatic heterocycles. The third-order valence-corrected chi connectivity index (χ3v) is 4.01. The molecule has 2 atom stereocenters. The van der Waals surface area contributed by atoms with E-state index in [2.05, 4.69) is 27.8 Å². The summed E-state index contributed by atoms with van der Waals surface area (Å²) >= 11 is 0. The first-order valence-electron chi connectivity index (χ1n) is 7.16. The summed E-state index contributed by atoms with van der Waals surface area (Å²) in [5.74, 6) is 0.546. The minimum atomic E-state index is 0.0677. The highest BCUT2D eigenvalue weighted by molar-refractivity contribution is 5.87. The van der Waals surface area contributed by atoms with Crippen molar-refractivity contribution in [3.05, 3.63) is 30.0 Å². The van der Waals surface area contributed by atoms with Crippen molar-refractivity contribution in [2.75, 3.05) is 13.1 Å². The highest BCUT2D eigenvalue weighted by atomic mass is 16.1. The van der Waals surface area contributed by atoms with Gasteiger partial charge in [0.2, 0.25) is 5.91 Å². The Morgan fingerprint density at radius 2 is 2.30 bits per heavy atom. The molecule has 1 amide bonds. The first kappa shape index (κ1) is 13.1. The molecule has 1 aliphatic heterocycles. The highest BCUT2D eigenvalue weighted by Crippen LogP contribution is 2.16. The Bertz CT molecular complexity index is 607. The van der Waals surface area contributed by atoms with Crippen molar-refractivity contribution in [3.63, 3.8) is 0 Å². The Labute approximate surface area is 118 Å². The topological polar surface area (TPSA) is 69.8 Å². The van der Waals surface area contributed by atoms with E-state index in [1.54, 1.807) is 0 Å². The molecule has 1 saturated heterocycles. The van der Waals surface area contributed by atoms with Crippen LogP contribution in [-0.4, -0.2) is 35.2 Å². The molecule has 0 saturated carbocycles. The quantitative estimate of drug-likeness (QED) is 0.787. The van der Waals surface area contributed by atoms with E-state index in [1.165, 1.54) is 0 Å². The molecule has 3 rings (SSSR count). The number of rotatable bonds is 3. The monoisotopic (exact) mass is 272 g/mol. The van der Waals surface area contributed by atoms with Crippen LogP contribution in [0, 0.1) is 5.92 Å². The maximum atomic E-state index is 12.2. The Balaban J connectivity index is 1.66. The van der Waals surface area contributed by atoms with Crippen LogP contribution in [0.25, 0.3) is 10.9 Å². The fourth-order valence-corrected chi connectivity index (χ4v) is 2.80. The number of para-hydroxylation sites is 1. The van der Waals surface area contributed by atoms with Gasteiger partial charge >= 0.3 is 0 Å². The number of fused-ring (bicyclic) bond motifs is 1. The Hall–Kier alpha value is -1.88. The summed E-state index contributed by atoms with van der Waals surface area (Å²) in [4.78, 5) is 12.2. The van der Waals surface area contributed by atoms with Crippen LogP contribution in [0.2, 0.25) is 0 Å². The molecule has 2 aromatic rings. The van der Waals surface area contributed by atoms with E-state index < -0.39 is 0 Å². The van der Waals surface area contributed by atoms with E-state index in [0.29, 0.717) is 12.3 Å². The number of aromatic nitrogens is 2. The highest BCUT2D eigenvalue weighted by Gasteiger charge is 2.22. The van der Waals surface area contributed by atoms with E-state index >= 15 is 0 Å². The van der Waals surface area contributed by atoms with Crippen molar-refractivity contribution >= 4 is 16.8 Å². The van der Waals surface area contributed by atoms with Crippen LogP contribution in [0.15, 0.2) is 24.3 Å². The molecular weight excluding hydrogens is 252 g/mol. The molecule has 1 aromatic carbocycles. The van der Waals surface area contributed by atoms with Crippen molar-refractivity contribution in [1.29, 1.82) is 0 Å². The van der Waals surface area contributed by atoms with Crippen molar-refractivity contribution in [2.24, 2.45) is 5.92 Å². The lowest BCUT2D eigenvalue weighted by Crippen LogP contribution is -2.48. The first-order chi connectivity index (χ1) is 9.74. The minimum Gasteiger partial charge on any atom is -0.353 e. The number of aromatic amines is 1. The average molecular weight is 272 g/mol. The molecule has 1 aliphatic rings. The zero-order valence-corrected chi connectivity index (χ0v) is 11.6. The first-order valence-corrected chi connectivity index (χ1v) is 7.16. The van der Waals surface area contributed by atoms with Gasteiger partial charge in [0.15, 0.2) is 0 Å². The van der Waals surface area contributed by atoms with Crippen LogP contribution in [0.4, 0.5) is 0 Å². The van der Waals surface area contributed by atoms with Crippen LogP contribution in [0.1, 0.15) is 19.0 Å². The second kappa shape index (κ2) is 5.63. The molecule has 0 radical (unpaired) electrons. The fraction of sp³-hybridized carbons (Fsp3) is 0.467. The molecule has 5 nitrogen and oxygen atoms in total. The molecule has 0 bridgehead atoms. The third kappa shape index (κ3) is 2.67. The second-order valence-corrected chi connectivity index (χ2v) is 5.54. The van der Waals surface area contributed by atoms with Gasteiger partial charge < -0.3 is 10.6 Å². The fourth-order valence-electron chi connectivity index (χ4n) is 2.80. The minimum absolute atomic E-state index is 0.0677. The number of hydrogen-bond acceptors (Lipinski definition) is 3. The maximum Gasteiger partial charge on any atom is 0.226 e. The SMILES string of the molecule is CC1CNCCC1NC(=O)Cc1[nH]nc2ccccc12. The Morgan fingerprint density at radius 3 is 3.15 bits per heavy atom. The molecule has 0 aliphatic carbocycles. The molecule has 0 spiro atoms. The zero-order chi connectivity index (χ0) is 13.9. The second-order valence-electron chi connectivity index (χ2n) is 5.54. The summed E-state index contributed by atoms with van der Waals surface area (Å²) in [6, 6.07) is 8.13. The molecule has 2 heterocycles. The predicted molar refractivity (Wildman–Crippen MR) is 78.4 cm³/mol. The smallest absolute Gasteiger partial charge is 0.226 e. The van der Waals surface area contributed by atoms with Crippen LogP contribution < -0.4 is 10.6 Å². The molecule has 5 heteroatoms. The van der Waals surface area contributed by atoms with Gasteiger partial charge in [0.05, 0.1) is 17.6 Å². The number of H-pyrrole nitrogens is 1. The zero-order valence-electron chi connectivity index (χ0n) is 11.6. The van der Waals surface area contributed by atoms with E-state index in [9.17, 15) is 4.79 Å². The molecule has 106 valence electrons. The molecular formula is C15H20N4O. The van der Waals surface area contributed by atoms with Gasteiger partial charge in [-0.3, -0.25) is 9.89 Å². The number of amides is 1. The van der Waals surface area contributed by atoms with Crippen molar-refractivity contribution < 1.29 is 4.79 Å². The number of benzene rings is 1. The van der Waals surface area contributed by atoms with Crippen LogP contribution in [0.5, 0.6) is 0 Å². The van der Waals surface area contributed by atoms with Gasteiger partial charge in [-0.2, -0.15) is 5.10 Å². The average Bonchev–Trinajstić information content (AvgIpc) is 2.85. The van der Waals surface area contributed by atoms with Crippen LogP contribution in [-0.2, 0) is 11.2 Å². The van der Waals surface area contributed by atoms with Crippen molar-refractivity contribution in [2.45, 2.75) is 25.8 Å². The van der Waals surface area contributed by atoms with Gasteiger partial charge in [0.25, 0.3) is 0 Å². The van der Waals surface area contributed by atoms with Gasteiger partial charge in [-0.05, 0) is 31.5 Å². The lowest BCUT2D eigenvalue weighted by molar-refractivity contribution is -0.121. The summed E-state index contributed by atoms with van der Waals surface area (Å²) < 4.78 is 0. The van der Waals surface area contributed by atoms with E-state index in [1.807, 2.05) is 24.3 Å². The van der Waals surface area contributed by atoms with Crippen LogP contribution in [0.3, 0.4) is 0 Å². The van der Waals surface area contributed by atoms with E-state index in [4.69, 9.17) is 0 Å². The maximum absolute atomic E-state index is 12.2. The molecule has 20 heavy (non-hydrogen) atoms. The number of nitrogens with zero attached hydrogens (tertiary/aromatic N) is 1. The Kier molecular flexibility index (Phi) is 3.69. The third-order valence-electron chi connectivity index (χ3n) is 4.01. The van der Waals surface area contributed by atoms with Crippen molar-refractivity contribution in [3.8, 4) is 0 Å². The molecule has 1 fully saturated rings. The number of hydrogen-bond donors (Lipinski definition) is 3. The number of piperidine rings is 1. The predicted octanol–water partition coefficient (Wildman–Crippen LogP) is 1.22. The van der Waals surface area contributed by atoms with Gasteiger partial charge in [-0.25, -0.2) is 0 Å². The standard InChI is InChI=1S/C15H20N4O/c1-10-9-16-7-6-12(10)17-15(20)8-14-11-4-2-3-5-13(11)18-19-14/h2-5,10,12,16H,6-9H2,1H3,(H,17,20)(H,18,19). The number of nitrogens with one attached hydrogen (secondary N) is 3. The largest absolute Gasteiger partial charge is 0.353 e. The molecule has 3 N–H and O–H groups in total. The Morgan fingerprint density at radius 1 is 1.45 bits per heavy atom. The summed E-state index contributed by atoms with van der Waals surface area (Å²) in [5.41, 5.74) is 1.80. The van der Waals surface area contributed by atoms with Crippen LogP contribution >= 0.6 is 0 Å². The summed E-state index contributed by atoms with van der Waals surface area (Å²) in [6.45, 7) is 4.11. The van der Waals surface area contributed by atoms with Crippen molar-refractivity contribution in [1.82, 2.24) is 20.8 Å². The van der Waals surface area contributed by atoms with E-state index in [-0.39, 0.29) is 11.9 Å². The lowest BCUT2D eigenvalue weighted by Gasteiger charge is -2.30. The number of carbonyl (C=O) groups excluding carboxylic acids is 1. The summed E-state index contributed by atoms with van der Waals surface area (Å²) in [5, 5.41) is 14.7. The lowest BCUT2D eigenvalue weighted by atomic mass is 9.95. The molecule has 2 unspecified atom stereocenters. The number of carbonyl (C=O) groups is 1. The summed E-state index contributed by atoms with van der Waals surface area (Å²) in [7, 11) is 0. The van der Waals surface area contributed by atoms with Gasteiger partial charge in [0.1, 0.15) is 0 Å². The van der Waals surface area contributed by atoms with Gasteiger partial charge in [-0.15, -0.1) is 0 Å². The normalized spacial score (nSPS) is 22.9.